The van der Waals surface area contributed by atoms with Crippen LogP contribution < -0.4 is 20.7 Å². The zero-order valence-corrected chi connectivity index (χ0v) is 32.7. The molecule has 3 aliphatic heterocycles. The van der Waals surface area contributed by atoms with E-state index in [-0.39, 0.29) is 65.0 Å². The number of likely N-dealkylation sites (tertiary alicyclic amines) is 1. The van der Waals surface area contributed by atoms with Crippen LogP contribution in [0.25, 0.3) is 5.78 Å². The SMILES string of the molecule is CC1CC2(CCN(C(=O)c3ncnc(N4CCC4)c3O)CC2)c2c1n(CC(=O)Nc1ccc(C(F)(F)F)cc1Cl)c1nc(N3CCC(c4ncccn4)CC3)nn1c2=O. The van der Waals surface area contributed by atoms with Crippen LogP contribution >= 0.6 is 11.6 Å². The summed E-state index contributed by atoms with van der Waals surface area (Å²) < 4.78 is 43.0. The molecule has 59 heavy (non-hydrogen) atoms. The molecule has 1 spiro atoms. The lowest BCUT2D eigenvalue weighted by atomic mass is 9.73. The number of anilines is 3. The zero-order chi connectivity index (χ0) is 41.2. The van der Waals surface area contributed by atoms with Gasteiger partial charge in [-0.25, -0.2) is 19.9 Å². The number of carbonyl (C=O) groups is 2. The molecular formula is C39H40ClF3N12O4. The lowest BCUT2D eigenvalue weighted by Gasteiger charge is -2.39. The van der Waals surface area contributed by atoms with E-state index in [1.165, 1.54) is 10.8 Å². The molecule has 3 fully saturated rings. The van der Waals surface area contributed by atoms with Gasteiger partial charge >= 0.3 is 6.18 Å². The van der Waals surface area contributed by atoms with Gasteiger partial charge in [-0.1, -0.05) is 18.5 Å². The Hall–Kier alpha value is -5.85. The Morgan fingerprint density at radius 1 is 1.00 bits per heavy atom. The summed E-state index contributed by atoms with van der Waals surface area (Å²) in [6.45, 7) is 4.80. The van der Waals surface area contributed by atoms with Crippen LogP contribution in [0.3, 0.4) is 0 Å². The molecule has 4 aromatic heterocycles. The number of fused-ring (bicyclic) bond motifs is 3. The molecule has 16 nitrogen and oxygen atoms in total. The lowest BCUT2D eigenvalue weighted by Crippen LogP contribution is -2.47. The van der Waals surface area contributed by atoms with Crippen molar-refractivity contribution in [1.82, 2.24) is 44.0 Å². The number of benzene rings is 1. The minimum absolute atomic E-state index is 0.000855. The fourth-order valence-electron chi connectivity index (χ4n) is 9.16. The maximum absolute atomic E-state index is 14.7. The first-order valence-electron chi connectivity index (χ1n) is 19.6. The third kappa shape index (κ3) is 6.87. The minimum Gasteiger partial charge on any atom is -0.503 e. The van der Waals surface area contributed by atoms with E-state index in [2.05, 4.69) is 25.3 Å². The maximum atomic E-state index is 14.7. The Morgan fingerprint density at radius 2 is 1.73 bits per heavy atom. The molecular weight excluding hydrogens is 793 g/mol. The average molecular weight is 833 g/mol. The van der Waals surface area contributed by atoms with E-state index in [0.29, 0.717) is 55.4 Å². The third-order valence-electron chi connectivity index (χ3n) is 12.2. The molecule has 5 aromatic rings. The van der Waals surface area contributed by atoms with Crippen LogP contribution in [-0.4, -0.2) is 100 Å². The highest BCUT2D eigenvalue weighted by Crippen LogP contribution is 2.51. The van der Waals surface area contributed by atoms with Crippen LogP contribution in [0, 0.1) is 0 Å². The summed E-state index contributed by atoms with van der Waals surface area (Å²) in [7, 11) is 0. The molecule has 7 heterocycles. The van der Waals surface area contributed by atoms with Crippen LogP contribution in [0.15, 0.2) is 47.8 Å². The molecule has 2 amide bonds. The van der Waals surface area contributed by atoms with Crippen LogP contribution in [0.2, 0.25) is 5.02 Å². The van der Waals surface area contributed by atoms with Gasteiger partial charge < -0.3 is 29.7 Å². The first-order chi connectivity index (χ1) is 28.3. The van der Waals surface area contributed by atoms with Gasteiger partial charge in [0, 0.05) is 74.3 Å². The van der Waals surface area contributed by atoms with E-state index in [1.807, 2.05) is 16.7 Å². The molecule has 20 heteroatoms. The molecule has 1 atom stereocenters. The van der Waals surface area contributed by atoms with Crippen molar-refractivity contribution in [3.05, 3.63) is 86.7 Å². The highest BCUT2D eigenvalue weighted by Gasteiger charge is 2.49. The van der Waals surface area contributed by atoms with E-state index < -0.39 is 29.0 Å². The second-order valence-electron chi connectivity index (χ2n) is 15.8. The highest BCUT2D eigenvalue weighted by atomic mass is 35.5. The van der Waals surface area contributed by atoms with Crippen molar-refractivity contribution in [1.29, 1.82) is 0 Å². The average Bonchev–Trinajstić information content (AvgIpc) is 3.77. The summed E-state index contributed by atoms with van der Waals surface area (Å²) in [6.07, 6.45) is 3.93. The highest BCUT2D eigenvalue weighted by molar-refractivity contribution is 6.33. The van der Waals surface area contributed by atoms with Crippen molar-refractivity contribution >= 4 is 46.6 Å². The molecule has 9 rings (SSSR count). The second-order valence-corrected chi connectivity index (χ2v) is 16.2. The molecule has 4 aliphatic rings. The van der Waals surface area contributed by atoms with Gasteiger partial charge in [-0.2, -0.15) is 22.7 Å². The predicted octanol–water partition coefficient (Wildman–Crippen LogP) is 4.76. The number of alkyl halides is 3. The van der Waals surface area contributed by atoms with Crippen molar-refractivity contribution < 1.29 is 27.9 Å². The Kier molecular flexibility index (Phi) is 9.67. The summed E-state index contributed by atoms with van der Waals surface area (Å²) in [4.78, 5) is 69.9. The topological polar surface area (TPSA) is 180 Å². The van der Waals surface area contributed by atoms with Crippen molar-refractivity contribution in [3.8, 4) is 5.75 Å². The van der Waals surface area contributed by atoms with Crippen molar-refractivity contribution in [2.45, 2.75) is 75.4 Å². The van der Waals surface area contributed by atoms with Crippen LogP contribution in [0.4, 0.5) is 30.6 Å². The smallest absolute Gasteiger partial charge is 0.416 e. The first-order valence-corrected chi connectivity index (χ1v) is 20.0. The van der Waals surface area contributed by atoms with Crippen molar-refractivity contribution in [2.24, 2.45) is 0 Å². The number of nitrogens with one attached hydrogen (secondary N) is 1. The van der Waals surface area contributed by atoms with Gasteiger partial charge in [-0.3, -0.25) is 14.4 Å². The molecule has 1 aliphatic carbocycles. The summed E-state index contributed by atoms with van der Waals surface area (Å²) in [5, 5.41) is 18.1. The van der Waals surface area contributed by atoms with Gasteiger partial charge in [0.2, 0.25) is 17.6 Å². The van der Waals surface area contributed by atoms with E-state index >= 15 is 0 Å². The summed E-state index contributed by atoms with van der Waals surface area (Å²) in [6, 6.07) is 4.47. The number of piperidine rings is 2. The number of hydrogen-bond acceptors (Lipinski definition) is 12. The van der Waals surface area contributed by atoms with E-state index in [1.54, 1.807) is 27.9 Å². The standard InChI is InChI=1S/C39H40ClF3N12O4/c1-22-19-38(8-16-52(17-9-38)35(59)29-31(57)33(47-21-46-29)51-12-3-13-51)28-30(22)54(20-27(56)48-26-5-4-24(18-25(26)40)39(41,42)43)37-49-36(50-55(37)34(28)58)53-14-6-23(7-15-53)32-44-10-2-11-45-32/h2,4-5,10-11,18,21-23,57H,3,6-9,12-17,19-20H2,1H3,(H,48,56). The molecule has 1 unspecified atom stereocenters. The fourth-order valence-corrected chi connectivity index (χ4v) is 9.39. The van der Waals surface area contributed by atoms with Gasteiger partial charge in [-0.05, 0) is 68.7 Å². The third-order valence-corrected chi connectivity index (χ3v) is 12.6. The van der Waals surface area contributed by atoms with E-state index in [9.17, 15) is 32.7 Å². The number of aromatic hydroxyl groups is 1. The number of halogens is 4. The quantitative estimate of drug-likeness (QED) is 0.230. The molecule has 1 aromatic carbocycles. The Labute approximate surface area is 340 Å². The summed E-state index contributed by atoms with van der Waals surface area (Å²) in [5.74, 6) is 0.222. The van der Waals surface area contributed by atoms with Crippen LogP contribution in [0.1, 0.15) is 90.4 Å². The molecule has 0 bridgehead atoms. The van der Waals surface area contributed by atoms with Crippen molar-refractivity contribution in [3.63, 3.8) is 0 Å². The normalized spacial score (nSPS) is 19.3. The van der Waals surface area contributed by atoms with Crippen LogP contribution in [-0.2, 0) is 22.9 Å². The van der Waals surface area contributed by atoms with Gasteiger partial charge in [0.25, 0.3) is 11.5 Å². The molecule has 0 saturated carbocycles. The molecule has 0 radical (unpaired) electrons. The summed E-state index contributed by atoms with van der Waals surface area (Å²) >= 11 is 6.21. The van der Waals surface area contributed by atoms with Gasteiger partial charge in [0.1, 0.15) is 18.7 Å². The summed E-state index contributed by atoms with van der Waals surface area (Å²) in [5.41, 5.74) is -0.957. The van der Waals surface area contributed by atoms with E-state index in [4.69, 9.17) is 21.7 Å². The van der Waals surface area contributed by atoms with Gasteiger partial charge in [0.05, 0.1) is 16.3 Å². The number of amides is 2. The lowest BCUT2D eigenvalue weighted by molar-refractivity contribution is -0.137. The molecule has 3 saturated heterocycles. The second kappa shape index (κ2) is 14.8. The van der Waals surface area contributed by atoms with Gasteiger partial charge in [0.15, 0.2) is 17.3 Å². The number of rotatable bonds is 7. The van der Waals surface area contributed by atoms with E-state index in [0.717, 1.165) is 56.4 Å². The molecule has 308 valence electrons. The fraction of sp³-hybridized carbons (Fsp3) is 0.462. The Balaban J connectivity index is 1.04. The number of nitrogens with zero attached hydrogens (tertiary/aromatic N) is 11. The number of hydrogen-bond donors (Lipinski definition) is 2. The largest absolute Gasteiger partial charge is 0.503 e. The van der Waals surface area contributed by atoms with Gasteiger partial charge in [-0.15, -0.1) is 5.10 Å². The monoisotopic (exact) mass is 832 g/mol. The Bertz CT molecular complexity index is 2510. The maximum Gasteiger partial charge on any atom is 0.416 e. The predicted molar refractivity (Wildman–Crippen MR) is 209 cm³/mol. The number of aromatic nitrogens is 8. The first kappa shape index (κ1) is 38.7. The Morgan fingerprint density at radius 3 is 2.39 bits per heavy atom. The number of carbonyl (C=O) groups excluding carboxylic acids is 2. The van der Waals surface area contributed by atoms with Crippen molar-refractivity contribution in [2.75, 3.05) is 54.4 Å². The zero-order valence-electron chi connectivity index (χ0n) is 32.0. The minimum atomic E-state index is -4.62. The van der Waals surface area contributed by atoms with Crippen LogP contribution in [0.5, 0.6) is 5.75 Å². The molecule has 2 N–H and O–H groups in total.